The highest BCUT2D eigenvalue weighted by Crippen LogP contribution is 2.33. The lowest BCUT2D eigenvalue weighted by atomic mass is 10.1. The van der Waals surface area contributed by atoms with Crippen molar-refractivity contribution in [3.8, 4) is 0 Å². The number of nitrogens with zero attached hydrogens (tertiary/aromatic N) is 3. The van der Waals surface area contributed by atoms with E-state index in [1.54, 1.807) is 0 Å². The first-order chi connectivity index (χ1) is 12.7. The van der Waals surface area contributed by atoms with E-state index in [0.717, 1.165) is 42.9 Å². The van der Waals surface area contributed by atoms with Crippen LogP contribution in [-0.4, -0.2) is 38.7 Å². The van der Waals surface area contributed by atoms with Gasteiger partial charge in [0.05, 0.1) is 11.7 Å². The van der Waals surface area contributed by atoms with E-state index in [9.17, 15) is 4.79 Å². The van der Waals surface area contributed by atoms with Gasteiger partial charge in [-0.2, -0.15) is 0 Å². The minimum atomic E-state index is -0.202. The number of amides is 1. The number of hydrogen-bond acceptors (Lipinski definition) is 5. The lowest BCUT2D eigenvalue weighted by molar-refractivity contribution is 0.102. The van der Waals surface area contributed by atoms with Crippen molar-refractivity contribution in [3.05, 3.63) is 35.2 Å². The maximum absolute atomic E-state index is 12.8. The molecule has 154 valence electrons. The minimum Gasteiger partial charge on any atom is -0.320 e. The van der Waals surface area contributed by atoms with E-state index in [2.05, 4.69) is 53.8 Å². The molecule has 2 aromatic rings. The summed E-state index contributed by atoms with van der Waals surface area (Å²) in [7, 11) is 0. The molecule has 0 bridgehead atoms. The van der Waals surface area contributed by atoms with Gasteiger partial charge in [-0.15, -0.1) is 29.3 Å². The number of aromatic nitrogens is 3. The molecule has 1 aliphatic rings. The van der Waals surface area contributed by atoms with Crippen molar-refractivity contribution in [3.63, 3.8) is 0 Å². The molecular weight excluding hydrogens is 394 g/mol. The first-order valence-electron chi connectivity index (χ1n) is 9.48. The van der Waals surface area contributed by atoms with Crippen LogP contribution in [0.5, 0.6) is 0 Å². The van der Waals surface area contributed by atoms with E-state index in [1.807, 2.05) is 36.4 Å². The molecule has 6 nitrogen and oxygen atoms in total. The quantitative estimate of drug-likeness (QED) is 0.714. The Morgan fingerprint density at radius 1 is 1.25 bits per heavy atom. The van der Waals surface area contributed by atoms with Gasteiger partial charge in [-0.3, -0.25) is 4.79 Å². The Balaban J connectivity index is 0.00000280. The van der Waals surface area contributed by atoms with Crippen molar-refractivity contribution in [2.24, 2.45) is 0 Å². The molecule has 1 fully saturated rings. The summed E-state index contributed by atoms with van der Waals surface area (Å²) in [4.78, 5) is 14.0. The van der Waals surface area contributed by atoms with E-state index >= 15 is 0 Å². The van der Waals surface area contributed by atoms with Crippen LogP contribution in [0.15, 0.2) is 23.1 Å². The molecule has 0 saturated carbocycles. The average molecular weight is 424 g/mol. The van der Waals surface area contributed by atoms with Gasteiger partial charge in [0.25, 0.3) is 5.91 Å². The van der Waals surface area contributed by atoms with E-state index in [4.69, 9.17) is 0 Å². The zero-order chi connectivity index (χ0) is 19.6. The van der Waals surface area contributed by atoms with Crippen LogP contribution >= 0.6 is 24.2 Å². The first kappa shape index (κ1) is 22.7. The molecule has 2 N–H and O–H groups in total. The number of hydrogen-bond donors (Lipinski definition) is 2. The van der Waals surface area contributed by atoms with Crippen molar-refractivity contribution >= 4 is 35.8 Å². The fourth-order valence-electron chi connectivity index (χ4n) is 3.32. The Morgan fingerprint density at radius 3 is 2.54 bits per heavy atom. The van der Waals surface area contributed by atoms with Crippen LogP contribution < -0.4 is 10.6 Å². The molecule has 28 heavy (non-hydrogen) atoms. The maximum Gasteiger partial charge on any atom is 0.278 e. The second-order valence-corrected chi connectivity index (χ2v) is 9.99. The summed E-state index contributed by atoms with van der Waals surface area (Å²) in [5.41, 5.74) is 3.09. The zero-order valence-electron chi connectivity index (χ0n) is 17.2. The van der Waals surface area contributed by atoms with Crippen molar-refractivity contribution in [1.82, 2.24) is 20.3 Å². The standard InChI is InChI=1S/C20H29N5OS.ClH/c1-13-12-16(27-20(3,4)5)6-7-17(13)22-19(26)18-14(2)25(24-23-18)15-8-10-21-11-9-15;/h6-7,12,15,21H,8-11H2,1-5H3,(H,22,26);1H. The van der Waals surface area contributed by atoms with Gasteiger partial charge in [0.1, 0.15) is 0 Å². The molecular formula is C20H30ClN5OS. The van der Waals surface area contributed by atoms with E-state index < -0.39 is 0 Å². The highest BCUT2D eigenvalue weighted by molar-refractivity contribution is 8.00. The average Bonchev–Trinajstić information content (AvgIpc) is 2.98. The Hall–Kier alpha value is -1.57. The van der Waals surface area contributed by atoms with Crippen molar-refractivity contribution in [2.75, 3.05) is 18.4 Å². The number of rotatable bonds is 4. The molecule has 1 aliphatic heterocycles. The first-order valence-corrected chi connectivity index (χ1v) is 10.3. The van der Waals surface area contributed by atoms with Gasteiger partial charge in [0, 0.05) is 15.3 Å². The van der Waals surface area contributed by atoms with Crippen LogP contribution in [0.2, 0.25) is 0 Å². The molecule has 1 aromatic carbocycles. The largest absolute Gasteiger partial charge is 0.320 e. The fraction of sp³-hybridized carbons (Fsp3) is 0.550. The summed E-state index contributed by atoms with van der Waals surface area (Å²) in [6.45, 7) is 12.5. The zero-order valence-corrected chi connectivity index (χ0v) is 18.8. The highest BCUT2D eigenvalue weighted by atomic mass is 35.5. The second-order valence-electron chi connectivity index (χ2n) is 8.09. The van der Waals surface area contributed by atoms with Crippen molar-refractivity contribution in [1.29, 1.82) is 0 Å². The third-order valence-electron chi connectivity index (χ3n) is 4.67. The Morgan fingerprint density at radius 2 is 1.93 bits per heavy atom. The summed E-state index contributed by atoms with van der Waals surface area (Å²) >= 11 is 1.82. The number of carbonyl (C=O) groups excluding carboxylic acids is 1. The topological polar surface area (TPSA) is 71.8 Å². The SMILES string of the molecule is Cc1cc(SC(C)(C)C)ccc1NC(=O)c1nnn(C2CCNCC2)c1C.Cl. The molecule has 0 radical (unpaired) electrons. The van der Waals surface area contributed by atoms with Crippen LogP contribution in [0.4, 0.5) is 5.69 Å². The molecule has 0 atom stereocenters. The van der Waals surface area contributed by atoms with Crippen LogP contribution in [0.1, 0.15) is 61.4 Å². The van der Waals surface area contributed by atoms with Crippen LogP contribution in [0.3, 0.4) is 0 Å². The molecule has 1 aromatic heterocycles. The third-order valence-corrected chi connectivity index (χ3v) is 5.77. The molecule has 8 heteroatoms. The van der Waals surface area contributed by atoms with Gasteiger partial charge in [0.2, 0.25) is 0 Å². The molecule has 0 unspecified atom stereocenters. The normalized spacial score (nSPS) is 15.2. The maximum atomic E-state index is 12.8. The lowest BCUT2D eigenvalue weighted by Gasteiger charge is -2.23. The Labute approximate surface area is 177 Å². The molecule has 1 amide bonds. The molecule has 1 saturated heterocycles. The summed E-state index contributed by atoms with van der Waals surface area (Å²) in [5.74, 6) is -0.202. The summed E-state index contributed by atoms with van der Waals surface area (Å²) in [5, 5.41) is 14.8. The van der Waals surface area contributed by atoms with Gasteiger partial charge in [0.15, 0.2) is 5.69 Å². The fourth-order valence-corrected chi connectivity index (χ4v) is 4.40. The van der Waals surface area contributed by atoms with Crippen LogP contribution in [-0.2, 0) is 0 Å². The Kier molecular flexibility index (Phi) is 7.53. The summed E-state index contributed by atoms with van der Waals surface area (Å²) < 4.78 is 2.06. The Bertz CT molecular complexity index is 824. The number of anilines is 1. The summed E-state index contributed by atoms with van der Waals surface area (Å²) in [6, 6.07) is 6.45. The number of carbonyl (C=O) groups is 1. The van der Waals surface area contributed by atoms with Crippen LogP contribution in [0.25, 0.3) is 0 Å². The smallest absolute Gasteiger partial charge is 0.278 e. The van der Waals surface area contributed by atoms with Gasteiger partial charge in [-0.05, 0) is 63.5 Å². The molecule has 0 aliphatic carbocycles. The number of halogens is 1. The predicted octanol–water partition coefficient (Wildman–Crippen LogP) is 4.38. The van der Waals surface area contributed by atoms with Gasteiger partial charge in [-0.25, -0.2) is 4.68 Å². The van der Waals surface area contributed by atoms with E-state index in [1.165, 1.54) is 4.90 Å². The van der Waals surface area contributed by atoms with Crippen molar-refractivity contribution < 1.29 is 4.79 Å². The lowest BCUT2D eigenvalue weighted by Crippen LogP contribution is -2.30. The van der Waals surface area contributed by atoms with Crippen LogP contribution in [0, 0.1) is 13.8 Å². The van der Waals surface area contributed by atoms with Gasteiger partial charge >= 0.3 is 0 Å². The monoisotopic (exact) mass is 423 g/mol. The van der Waals surface area contributed by atoms with Gasteiger partial charge in [-0.1, -0.05) is 26.0 Å². The molecule has 0 spiro atoms. The summed E-state index contributed by atoms with van der Waals surface area (Å²) in [6.07, 6.45) is 2.02. The number of thioether (sulfide) groups is 1. The number of aryl methyl sites for hydroxylation is 1. The van der Waals surface area contributed by atoms with Gasteiger partial charge < -0.3 is 10.6 Å². The predicted molar refractivity (Wildman–Crippen MR) is 118 cm³/mol. The molecule has 3 rings (SSSR count). The minimum absolute atomic E-state index is 0. The number of nitrogens with one attached hydrogen (secondary N) is 2. The highest BCUT2D eigenvalue weighted by Gasteiger charge is 2.23. The van der Waals surface area contributed by atoms with Crippen molar-refractivity contribution in [2.45, 2.75) is 63.1 Å². The van der Waals surface area contributed by atoms with E-state index in [-0.39, 0.29) is 23.1 Å². The van der Waals surface area contributed by atoms with E-state index in [0.29, 0.717) is 11.7 Å². The molecule has 2 heterocycles. The number of piperidine rings is 1. The number of benzene rings is 1. The third kappa shape index (κ3) is 5.49. The second kappa shape index (κ2) is 9.29.